The number of nitrogens with one attached hydrogen (secondary N) is 3. The summed E-state index contributed by atoms with van der Waals surface area (Å²) in [4.78, 5) is 13.5. The van der Waals surface area contributed by atoms with Crippen LogP contribution in [0.2, 0.25) is 0 Å². The molecule has 0 atom stereocenters. The van der Waals surface area contributed by atoms with Gasteiger partial charge in [-0.15, -0.1) is 11.3 Å². The summed E-state index contributed by atoms with van der Waals surface area (Å²) in [5.41, 5.74) is 5.04. The van der Waals surface area contributed by atoms with Crippen molar-refractivity contribution in [3.8, 4) is 0 Å². The van der Waals surface area contributed by atoms with Crippen molar-refractivity contribution in [2.75, 3.05) is 7.05 Å². The summed E-state index contributed by atoms with van der Waals surface area (Å²) in [6, 6.07) is 4.02. The number of amides is 1. The number of rotatable bonds is 2. The average molecular weight is 283 g/mol. The number of thiophene rings is 1. The van der Waals surface area contributed by atoms with Crippen LogP contribution in [-0.4, -0.2) is 18.1 Å². The average Bonchev–Trinajstić information content (AvgIpc) is 2.85. The fraction of sp³-hybridized carbons (Fsp3) is 0.500. The number of hydrogen-bond acceptors (Lipinski definition) is 3. The van der Waals surface area contributed by atoms with Crippen LogP contribution in [0.4, 0.5) is 0 Å². The smallest absolute Gasteiger partial charge is 0.249 e. The van der Waals surface area contributed by atoms with E-state index < -0.39 is 0 Å². The van der Waals surface area contributed by atoms with Crippen LogP contribution in [0.15, 0.2) is 17.5 Å². The van der Waals surface area contributed by atoms with Crippen LogP contribution < -0.4 is 16.2 Å². The van der Waals surface area contributed by atoms with E-state index in [2.05, 4.69) is 23.1 Å². The Balaban J connectivity index is 2.07. The van der Waals surface area contributed by atoms with E-state index in [9.17, 15) is 4.79 Å². The Kier molecular flexibility index (Phi) is 3.87. The van der Waals surface area contributed by atoms with Gasteiger partial charge >= 0.3 is 0 Å². The van der Waals surface area contributed by atoms with E-state index in [1.54, 1.807) is 18.4 Å². The third-order valence-corrected chi connectivity index (χ3v) is 4.72. The third kappa shape index (κ3) is 2.35. The minimum atomic E-state index is -0.371. The van der Waals surface area contributed by atoms with Crippen molar-refractivity contribution in [1.29, 1.82) is 0 Å². The zero-order chi connectivity index (χ0) is 13.2. The number of hydrogen-bond donors (Lipinski definition) is 3. The van der Waals surface area contributed by atoms with E-state index >= 15 is 0 Å². The van der Waals surface area contributed by atoms with Crippen LogP contribution in [0.5, 0.6) is 0 Å². The molecule has 98 valence electrons. The lowest BCUT2D eigenvalue weighted by atomic mass is 9.61. The second kappa shape index (κ2) is 5.24. The number of thiocarbonyl (C=S) groups is 1. The Morgan fingerprint density at radius 1 is 1.50 bits per heavy atom. The van der Waals surface area contributed by atoms with Crippen molar-refractivity contribution in [3.05, 3.63) is 22.4 Å². The SMILES string of the molecule is CNC(=S)NNC(=O)C1(c2cccs2)CC(C)C1. The van der Waals surface area contributed by atoms with Gasteiger partial charge in [0.1, 0.15) is 0 Å². The van der Waals surface area contributed by atoms with Crippen molar-refractivity contribution in [3.63, 3.8) is 0 Å². The summed E-state index contributed by atoms with van der Waals surface area (Å²) in [6.07, 6.45) is 1.79. The van der Waals surface area contributed by atoms with E-state index in [1.807, 2.05) is 17.5 Å². The monoisotopic (exact) mass is 283 g/mol. The van der Waals surface area contributed by atoms with Gasteiger partial charge in [0.05, 0.1) is 5.41 Å². The van der Waals surface area contributed by atoms with Gasteiger partial charge in [-0.1, -0.05) is 13.0 Å². The highest BCUT2D eigenvalue weighted by molar-refractivity contribution is 7.80. The summed E-state index contributed by atoms with van der Waals surface area (Å²) in [5.74, 6) is 0.592. The van der Waals surface area contributed by atoms with Crippen LogP contribution >= 0.6 is 23.6 Å². The molecule has 0 aliphatic heterocycles. The summed E-state index contributed by atoms with van der Waals surface area (Å²) in [5, 5.41) is 5.19. The topological polar surface area (TPSA) is 53.2 Å². The zero-order valence-electron chi connectivity index (χ0n) is 10.4. The van der Waals surface area contributed by atoms with Gasteiger partial charge in [-0.3, -0.25) is 15.6 Å². The summed E-state index contributed by atoms with van der Waals surface area (Å²) < 4.78 is 0. The normalized spacial score (nSPS) is 26.0. The molecule has 0 bridgehead atoms. The first kappa shape index (κ1) is 13.3. The molecule has 6 heteroatoms. The third-order valence-electron chi connectivity index (χ3n) is 3.34. The summed E-state index contributed by atoms with van der Waals surface area (Å²) >= 11 is 6.58. The lowest BCUT2D eigenvalue weighted by Gasteiger charge is -2.44. The van der Waals surface area contributed by atoms with Gasteiger partial charge < -0.3 is 5.32 Å². The van der Waals surface area contributed by atoms with Gasteiger partial charge in [-0.25, -0.2) is 0 Å². The fourth-order valence-electron chi connectivity index (χ4n) is 2.47. The maximum atomic E-state index is 12.4. The molecule has 1 aliphatic carbocycles. The lowest BCUT2D eigenvalue weighted by molar-refractivity contribution is -0.132. The Bertz CT molecular complexity index is 438. The highest BCUT2D eigenvalue weighted by Gasteiger charge is 2.50. The second-order valence-corrected chi connectivity index (χ2v) is 6.09. The Morgan fingerprint density at radius 2 is 2.22 bits per heavy atom. The molecule has 3 N–H and O–H groups in total. The first-order valence-electron chi connectivity index (χ1n) is 5.90. The van der Waals surface area contributed by atoms with Crippen LogP contribution in [0.1, 0.15) is 24.6 Å². The van der Waals surface area contributed by atoms with Crippen molar-refractivity contribution < 1.29 is 4.79 Å². The predicted molar refractivity (Wildman–Crippen MR) is 77.3 cm³/mol. The molecule has 1 amide bonds. The van der Waals surface area contributed by atoms with Gasteiger partial charge in [0, 0.05) is 11.9 Å². The Labute approximate surface area is 116 Å². The van der Waals surface area contributed by atoms with E-state index in [0.29, 0.717) is 11.0 Å². The van der Waals surface area contributed by atoms with E-state index in [0.717, 1.165) is 17.7 Å². The van der Waals surface area contributed by atoms with Crippen molar-refractivity contribution in [2.45, 2.75) is 25.2 Å². The molecular formula is C12H17N3OS2. The molecule has 0 saturated heterocycles. The van der Waals surface area contributed by atoms with Crippen molar-refractivity contribution in [1.82, 2.24) is 16.2 Å². The summed E-state index contributed by atoms with van der Waals surface area (Å²) in [7, 11) is 1.71. The molecule has 1 aromatic heterocycles. The van der Waals surface area contributed by atoms with E-state index in [4.69, 9.17) is 12.2 Å². The highest BCUT2D eigenvalue weighted by atomic mass is 32.1. The second-order valence-electron chi connectivity index (χ2n) is 4.73. The molecule has 18 heavy (non-hydrogen) atoms. The van der Waals surface area contributed by atoms with Crippen LogP contribution in [0.3, 0.4) is 0 Å². The lowest BCUT2D eigenvalue weighted by Crippen LogP contribution is -2.57. The number of carbonyl (C=O) groups excluding carboxylic acids is 1. The van der Waals surface area contributed by atoms with Crippen molar-refractivity contribution in [2.24, 2.45) is 5.92 Å². The largest absolute Gasteiger partial charge is 0.364 e. The molecular weight excluding hydrogens is 266 g/mol. The molecule has 0 spiro atoms. The first-order valence-corrected chi connectivity index (χ1v) is 7.19. The maximum absolute atomic E-state index is 12.4. The first-order chi connectivity index (χ1) is 8.58. The van der Waals surface area contributed by atoms with Crippen molar-refractivity contribution >= 4 is 34.6 Å². The quantitative estimate of drug-likeness (QED) is 0.569. The molecule has 4 nitrogen and oxygen atoms in total. The molecule has 2 rings (SSSR count). The molecule has 1 aliphatic rings. The van der Waals surface area contributed by atoms with Gasteiger partial charge in [0.2, 0.25) is 5.91 Å². The molecule has 1 fully saturated rings. The number of hydrazine groups is 1. The highest BCUT2D eigenvalue weighted by Crippen LogP contribution is 2.49. The molecule has 0 radical (unpaired) electrons. The summed E-state index contributed by atoms with van der Waals surface area (Å²) in [6.45, 7) is 2.17. The molecule has 0 aromatic carbocycles. The standard InChI is InChI=1S/C12H17N3OS2/c1-8-6-12(7-8,9-4-3-5-18-9)10(16)14-15-11(17)13-2/h3-5,8H,6-7H2,1-2H3,(H,14,16)(H2,13,15,17). The van der Waals surface area contributed by atoms with Gasteiger partial charge in [0.15, 0.2) is 5.11 Å². The van der Waals surface area contributed by atoms with Gasteiger partial charge in [0.25, 0.3) is 0 Å². The molecule has 0 unspecified atom stereocenters. The van der Waals surface area contributed by atoms with Gasteiger partial charge in [-0.05, 0) is 42.4 Å². The minimum Gasteiger partial charge on any atom is -0.364 e. The predicted octanol–water partition coefficient (Wildman–Crippen LogP) is 1.54. The maximum Gasteiger partial charge on any atom is 0.249 e. The Hall–Kier alpha value is -1.14. The Morgan fingerprint density at radius 3 is 2.72 bits per heavy atom. The van der Waals surface area contributed by atoms with E-state index in [-0.39, 0.29) is 11.3 Å². The zero-order valence-corrected chi connectivity index (χ0v) is 12.1. The van der Waals surface area contributed by atoms with Crippen LogP contribution in [0, 0.1) is 5.92 Å². The molecule has 1 heterocycles. The van der Waals surface area contributed by atoms with E-state index in [1.165, 1.54) is 0 Å². The molecule has 1 saturated carbocycles. The van der Waals surface area contributed by atoms with Crippen LogP contribution in [-0.2, 0) is 10.2 Å². The van der Waals surface area contributed by atoms with Gasteiger partial charge in [-0.2, -0.15) is 0 Å². The fourth-order valence-corrected chi connectivity index (χ4v) is 3.47. The minimum absolute atomic E-state index is 0.000602. The number of carbonyl (C=O) groups is 1. The van der Waals surface area contributed by atoms with Crippen LogP contribution in [0.25, 0.3) is 0 Å². The molecule has 1 aromatic rings.